The second-order valence-corrected chi connectivity index (χ2v) is 4.53. The van der Waals surface area contributed by atoms with Crippen LogP contribution in [0, 0.1) is 0 Å². The van der Waals surface area contributed by atoms with Crippen molar-refractivity contribution in [3.05, 3.63) is 47.7 Å². The van der Waals surface area contributed by atoms with Crippen LogP contribution >= 0.6 is 0 Å². The van der Waals surface area contributed by atoms with E-state index in [9.17, 15) is 18.3 Å². The summed E-state index contributed by atoms with van der Waals surface area (Å²) in [7, 11) is 1.33. The van der Waals surface area contributed by atoms with E-state index in [1.165, 1.54) is 37.6 Å². The van der Waals surface area contributed by atoms with Crippen LogP contribution in [0.5, 0.6) is 5.75 Å². The highest BCUT2D eigenvalue weighted by Gasteiger charge is 2.61. The van der Waals surface area contributed by atoms with Crippen molar-refractivity contribution < 1.29 is 23.0 Å². The number of hydrogen-bond donors (Lipinski definition) is 1. The summed E-state index contributed by atoms with van der Waals surface area (Å²) in [5.74, 6) is 0.166. The van der Waals surface area contributed by atoms with Gasteiger partial charge in [0.1, 0.15) is 5.75 Å². The molecule has 6 heteroatoms. The minimum absolute atomic E-state index is 0.126. The number of aromatic nitrogens is 1. The summed E-state index contributed by atoms with van der Waals surface area (Å²) in [5.41, 5.74) is -3.15. The predicted molar refractivity (Wildman–Crippen MR) is 65.3 cm³/mol. The highest BCUT2D eigenvalue weighted by molar-refractivity contribution is 5.78. The van der Waals surface area contributed by atoms with Crippen LogP contribution in [-0.2, 0) is 5.60 Å². The monoisotopic (exact) mass is 281 g/mol. The lowest BCUT2D eigenvalue weighted by Gasteiger charge is -2.28. The van der Waals surface area contributed by atoms with E-state index >= 15 is 0 Å². The normalized spacial score (nSPS) is 20.4. The van der Waals surface area contributed by atoms with E-state index in [4.69, 9.17) is 4.74 Å². The van der Waals surface area contributed by atoms with Gasteiger partial charge in [0.05, 0.1) is 19.0 Å². The summed E-state index contributed by atoms with van der Waals surface area (Å²) in [6.45, 7) is 0. The van der Waals surface area contributed by atoms with Crippen molar-refractivity contribution in [1.82, 2.24) is 4.98 Å². The Labute approximate surface area is 112 Å². The maximum Gasteiger partial charge on any atom is 0.425 e. The van der Waals surface area contributed by atoms with E-state index in [1.54, 1.807) is 6.07 Å². The second kappa shape index (κ2) is 3.96. The molecule has 1 aromatic carbocycles. The molecule has 1 aliphatic carbocycles. The molecule has 0 saturated carbocycles. The molecule has 1 heterocycles. The summed E-state index contributed by atoms with van der Waals surface area (Å²) in [6, 6.07) is 7.01. The van der Waals surface area contributed by atoms with Gasteiger partial charge in [0.2, 0.25) is 5.60 Å². The summed E-state index contributed by atoms with van der Waals surface area (Å²) in [4.78, 5) is 4.00. The molecular formula is C14H10F3NO2. The van der Waals surface area contributed by atoms with Gasteiger partial charge >= 0.3 is 6.18 Å². The first kappa shape index (κ1) is 12.9. The maximum atomic E-state index is 13.4. The molecule has 1 aromatic heterocycles. The quantitative estimate of drug-likeness (QED) is 0.874. The van der Waals surface area contributed by atoms with Crippen molar-refractivity contribution in [2.24, 2.45) is 0 Å². The molecule has 1 N–H and O–H groups in total. The molecule has 1 aliphatic rings. The Morgan fingerprint density at radius 2 is 1.90 bits per heavy atom. The topological polar surface area (TPSA) is 42.4 Å². The van der Waals surface area contributed by atoms with E-state index in [2.05, 4.69) is 4.98 Å². The molecular weight excluding hydrogens is 271 g/mol. The molecule has 1 atom stereocenters. The summed E-state index contributed by atoms with van der Waals surface area (Å²) >= 11 is 0. The third-order valence-electron chi connectivity index (χ3n) is 3.47. The Hall–Kier alpha value is -2.08. The van der Waals surface area contributed by atoms with Gasteiger partial charge in [0.15, 0.2) is 0 Å². The van der Waals surface area contributed by atoms with Crippen LogP contribution in [0.3, 0.4) is 0 Å². The fourth-order valence-corrected chi connectivity index (χ4v) is 2.50. The Morgan fingerprint density at radius 3 is 2.55 bits per heavy atom. The molecule has 3 nitrogen and oxygen atoms in total. The van der Waals surface area contributed by atoms with Crippen LogP contribution in [0.1, 0.15) is 11.1 Å². The van der Waals surface area contributed by atoms with Crippen LogP contribution in [0.2, 0.25) is 0 Å². The van der Waals surface area contributed by atoms with Crippen molar-refractivity contribution in [2.75, 3.05) is 7.11 Å². The lowest BCUT2D eigenvalue weighted by atomic mass is 9.91. The second-order valence-electron chi connectivity index (χ2n) is 4.53. The molecule has 104 valence electrons. The van der Waals surface area contributed by atoms with E-state index in [-0.39, 0.29) is 28.1 Å². The lowest BCUT2D eigenvalue weighted by molar-refractivity contribution is -0.246. The van der Waals surface area contributed by atoms with Crippen LogP contribution in [0.4, 0.5) is 13.2 Å². The van der Waals surface area contributed by atoms with Crippen molar-refractivity contribution >= 4 is 0 Å². The van der Waals surface area contributed by atoms with Crippen LogP contribution in [-0.4, -0.2) is 23.4 Å². The summed E-state index contributed by atoms with van der Waals surface area (Å²) in [6.07, 6.45) is -3.51. The zero-order chi connectivity index (χ0) is 14.5. The van der Waals surface area contributed by atoms with Crippen LogP contribution < -0.4 is 4.74 Å². The Bertz CT molecular complexity index is 684. The van der Waals surface area contributed by atoms with Gasteiger partial charge in [-0.3, -0.25) is 4.98 Å². The average molecular weight is 281 g/mol. The highest BCUT2D eigenvalue weighted by Crippen LogP contribution is 2.54. The van der Waals surface area contributed by atoms with Crippen molar-refractivity contribution in [1.29, 1.82) is 0 Å². The third kappa shape index (κ3) is 1.48. The minimum atomic E-state index is -4.84. The Kier molecular flexibility index (Phi) is 2.56. The average Bonchev–Trinajstić information content (AvgIpc) is 2.70. The van der Waals surface area contributed by atoms with Crippen LogP contribution in [0.15, 0.2) is 36.5 Å². The van der Waals surface area contributed by atoms with Gasteiger partial charge in [-0.1, -0.05) is 24.3 Å². The van der Waals surface area contributed by atoms with Gasteiger partial charge in [0, 0.05) is 16.7 Å². The Balaban J connectivity index is 2.37. The number of pyridine rings is 1. The van der Waals surface area contributed by atoms with Crippen LogP contribution in [0.25, 0.3) is 11.3 Å². The molecule has 0 radical (unpaired) electrons. The highest BCUT2D eigenvalue weighted by atomic mass is 19.4. The number of methoxy groups -OCH3 is 1. The maximum absolute atomic E-state index is 13.4. The molecule has 3 rings (SSSR count). The first-order valence-electron chi connectivity index (χ1n) is 5.83. The molecule has 0 saturated heterocycles. The summed E-state index contributed by atoms with van der Waals surface area (Å²) in [5, 5.41) is 10.3. The standard InChI is InChI=1S/C14H10F3NO2/c1-20-8-6-11-12(18-7-8)9-4-2-3-5-10(9)13(11,19)14(15,16)17/h2-7,19H,1H3. The summed E-state index contributed by atoms with van der Waals surface area (Å²) < 4.78 is 45.2. The van der Waals surface area contributed by atoms with Crippen molar-refractivity contribution in [3.8, 4) is 17.0 Å². The number of rotatable bonds is 1. The molecule has 0 spiro atoms. The third-order valence-corrected chi connectivity index (χ3v) is 3.47. The zero-order valence-electron chi connectivity index (χ0n) is 10.4. The van der Waals surface area contributed by atoms with Gasteiger partial charge in [-0.15, -0.1) is 0 Å². The van der Waals surface area contributed by atoms with Gasteiger partial charge in [-0.25, -0.2) is 0 Å². The number of nitrogens with zero attached hydrogens (tertiary/aromatic N) is 1. The number of halogens is 3. The number of benzene rings is 1. The number of alkyl halides is 3. The number of aliphatic hydroxyl groups is 1. The van der Waals surface area contributed by atoms with E-state index in [0.717, 1.165) is 0 Å². The SMILES string of the molecule is COc1cnc2c(c1)C(O)(C(F)(F)F)c1ccccc1-2. The fourth-order valence-electron chi connectivity index (χ4n) is 2.50. The largest absolute Gasteiger partial charge is 0.495 e. The lowest BCUT2D eigenvalue weighted by Crippen LogP contribution is -2.41. The smallest absolute Gasteiger partial charge is 0.425 e. The number of hydrogen-bond acceptors (Lipinski definition) is 3. The van der Waals surface area contributed by atoms with E-state index in [1.807, 2.05) is 0 Å². The van der Waals surface area contributed by atoms with Gasteiger partial charge in [-0.05, 0) is 6.07 Å². The molecule has 2 aromatic rings. The van der Waals surface area contributed by atoms with E-state index < -0.39 is 11.8 Å². The predicted octanol–water partition coefficient (Wildman–Crippen LogP) is 2.87. The molecule has 0 fully saturated rings. The first-order chi connectivity index (χ1) is 9.39. The van der Waals surface area contributed by atoms with Gasteiger partial charge < -0.3 is 9.84 Å². The van der Waals surface area contributed by atoms with Crippen molar-refractivity contribution in [2.45, 2.75) is 11.8 Å². The zero-order valence-corrected chi connectivity index (χ0v) is 10.4. The van der Waals surface area contributed by atoms with Gasteiger partial charge in [-0.2, -0.15) is 13.2 Å². The molecule has 0 bridgehead atoms. The fraction of sp³-hybridized carbons (Fsp3) is 0.214. The molecule has 0 amide bonds. The Morgan fingerprint density at radius 1 is 1.20 bits per heavy atom. The molecule has 1 unspecified atom stereocenters. The minimum Gasteiger partial charge on any atom is -0.495 e. The molecule has 20 heavy (non-hydrogen) atoms. The van der Waals surface area contributed by atoms with E-state index in [0.29, 0.717) is 0 Å². The van der Waals surface area contributed by atoms with Crippen molar-refractivity contribution in [3.63, 3.8) is 0 Å². The number of ether oxygens (including phenoxy) is 1. The van der Waals surface area contributed by atoms with Gasteiger partial charge in [0.25, 0.3) is 0 Å². The first-order valence-corrected chi connectivity index (χ1v) is 5.83. The number of fused-ring (bicyclic) bond motifs is 3. The molecule has 0 aliphatic heterocycles.